The lowest BCUT2D eigenvalue weighted by molar-refractivity contribution is -0.124. The number of aliphatic hydroxyl groups is 1. The summed E-state index contributed by atoms with van der Waals surface area (Å²) < 4.78 is 5.40. The molecular weight excluding hydrogens is 356 g/mol. The topological polar surface area (TPSA) is 87.7 Å². The maximum Gasteiger partial charge on any atom is 0.253 e. The predicted octanol–water partition coefficient (Wildman–Crippen LogP) is 3.15. The fourth-order valence-electron chi connectivity index (χ4n) is 2.87. The molecule has 2 aromatic carbocycles. The number of rotatable bonds is 6. The second kappa shape index (κ2) is 9.01. The smallest absolute Gasteiger partial charge is 0.253 e. The van der Waals surface area contributed by atoms with E-state index >= 15 is 0 Å². The Hall–Kier alpha value is -3.38. The highest BCUT2D eigenvalue weighted by Crippen LogP contribution is 2.29. The highest BCUT2D eigenvalue weighted by atomic mass is 16.5. The van der Waals surface area contributed by atoms with Crippen molar-refractivity contribution in [1.29, 1.82) is 0 Å². The number of amides is 2. The average molecular weight is 378 g/mol. The van der Waals surface area contributed by atoms with Crippen LogP contribution in [-0.4, -0.2) is 29.6 Å². The van der Waals surface area contributed by atoms with Crippen LogP contribution in [0.4, 0.5) is 11.4 Å². The Labute approximate surface area is 163 Å². The van der Waals surface area contributed by atoms with Gasteiger partial charge >= 0.3 is 0 Å². The molecule has 6 heteroatoms. The number of carbonyl (C=O) groups is 2. The number of aliphatic hydroxyl groups excluding tert-OH is 1. The summed E-state index contributed by atoms with van der Waals surface area (Å²) in [6.07, 6.45) is 5.78. The molecule has 1 aliphatic heterocycles. The van der Waals surface area contributed by atoms with E-state index in [4.69, 9.17) is 4.74 Å². The Kier molecular flexibility index (Phi) is 6.24. The summed E-state index contributed by atoms with van der Waals surface area (Å²) in [5.74, 6) is 0.0912. The van der Waals surface area contributed by atoms with Crippen LogP contribution in [-0.2, 0) is 16.0 Å². The lowest BCUT2D eigenvalue weighted by atomic mass is 9.99. The zero-order valence-electron chi connectivity index (χ0n) is 15.5. The minimum absolute atomic E-state index is 0.166. The quantitative estimate of drug-likeness (QED) is 0.532. The minimum atomic E-state index is -1.11. The Morgan fingerprint density at radius 1 is 1.25 bits per heavy atom. The molecule has 1 aliphatic rings. The van der Waals surface area contributed by atoms with E-state index in [1.165, 1.54) is 6.08 Å². The van der Waals surface area contributed by atoms with Crippen molar-refractivity contribution in [3.63, 3.8) is 0 Å². The molecule has 0 spiro atoms. The molecule has 0 bridgehead atoms. The molecule has 0 aromatic heterocycles. The van der Waals surface area contributed by atoms with Gasteiger partial charge in [-0.15, -0.1) is 0 Å². The van der Waals surface area contributed by atoms with Gasteiger partial charge in [-0.05, 0) is 36.8 Å². The van der Waals surface area contributed by atoms with Crippen molar-refractivity contribution in [3.8, 4) is 5.75 Å². The van der Waals surface area contributed by atoms with E-state index in [0.717, 1.165) is 11.3 Å². The van der Waals surface area contributed by atoms with Gasteiger partial charge in [0.25, 0.3) is 5.91 Å². The second-order valence-electron chi connectivity index (χ2n) is 6.25. The van der Waals surface area contributed by atoms with Crippen LogP contribution in [0.3, 0.4) is 0 Å². The predicted molar refractivity (Wildman–Crippen MR) is 109 cm³/mol. The Balaban J connectivity index is 1.60. The Morgan fingerprint density at radius 2 is 2.04 bits per heavy atom. The molecule has 1 atom stereocenters. The first-order valence-corrected chi connectivity index (χ1v) is 9.06. The van der Waals surface area contributed by atoms with E-state index in [1.54, 1.807) is 30.4 Å². The van der Waals surface area contributed by atoms with Gasteiger partial charge in [-0.1, -0.05) is 36.4 Å². The molecule has 0 saturated carbocycles. The van der Waals surface area contributed by atoms with Crippen LogP contribution in [0.5, 0.6) is 5.75 Å². The van der Waals surface area contributed by atoms with Crippen molar-refractivity contribution in [2.45, 2.75) is 19.4 Å². The maximum atomic E-state index is 12.2. The summed E-state index contributed by atoms with van der Waals surface area (Å²) in [4.78, 5) is 23.7. The third-order valence-electron chi connectivity index (χ3n) is 4.23. The first-order valence-electron chi connectivity index (χ1n) is 9.06. The number of ether oxygens (including phenoxy) is 1. The third-order valence-corrected chi connectivity index (χ3v) is 4.23. The first-order chi connectivity index (χ1) is 13.6. The van der Waals surface area contributed by atoms with Gasteiger partial charge in [-0.3, -0.25) is 9.59 Å². The van der Waals surface area contributed by atoms with E-state index in [2.05, 4.69) is 10.6 Å². The van der Waals surface area contributed by atoms with Gasteiger partial charge in [0.2, 0.25) is 5.91 Å². The third kappa shape index (κ3) is 4.86. The van der Waals surface area contributed by atoms with Gasteiger partial charge in [0.15, 0.2) is 0 Å². The van der Waals surface area contributed by atoms with Gasteiger partial charge in [-0.25, -0.2) is 0 Å². The number of hydrogen-bond acceptors (Lipinski definition) is 4. The summed E-state index contributed by atoms with van der Waals surface area (Å²) in [7, 11) is 0. The molecule has 2 aromatic rings. The summed E-state index contributed by atoms with van der Waals surface area (Å²) in [5.41, 5.74) is 2.88. The lowest BCUT2D eigenvalue weighted by Gasteiger charge is -2.23. The summed E-state index contributed by atoms with van der Waals surface area (Å²) in [6.45, 7) is 2.57. The minimum Gasteiger partial charge on any atom is -0.494 e. The molecular formula is C22H22N2O4. The zero-order chi connectivity index (χ0) is 19.9. The fraction of sp³-hybridized carbons (Fsp3) is 0.182. The van der Waals surface area contributed by atoms with Crippen LogP contribution in [0.1, 0.15) is 18.1 Å². The van der Waals surface area contributed by atoms with E-state index in [-0.39, 0.29) is 12.3 Å². The van der Waals surface area contributed by atoms with Gasteiger partial charge in [0.05, 0.1) is 6.61 Å². The van der Waals surface area contributed by atoms with E-state index in [1.807, 2.05) is 37.3 Å². The molecule has 6 nitrogen and oxygen atoms in total. The van der Waals surface area contributed by atoms with Crippen LogP contribution in [0, 0.1) is 0 Å². The number of carbonyl (C=O) groups excluding carboxylic acids is 2. The molecule has 0 fully saturated rings. The Bertz CT molecular complexity index is 917. The number of anilines is 2. The highest BCUT2D eigenvalue weighted by molar-refractivity contribution is 6.03. The Morgan fingerprint density at radius 3 is 2.79 bits per heavy atom. The molecule has 0 saturated heterocycles. The molecule has 3 N–H and O–H groups in total. The SMILES string of the molecule is CCOc1ccc(C=CC=CC(=O)Nc2cccc3c2CC(O)C(=O)N3)cc1. The van der Waals surface area contributed by atoms with Crippen LogP contribution in [0.2, 0.25) is 0 Å². The van der Waals surface area contributed by atoms with Crippen molar-refractivity contribution in [2.75, 3.05) is 17.2 Å². The standard InChI is InChI=1S/C22H22N2O4/c1-2-28-16-12-10-15(11-13-16)6-3-4-9-21(26)23-18-7-5-8-19-17(18)14-20(25)22(27)24-19/h3-13,20,25H,2,14H2,1H3,(H,23,26)(H,24,27). The number of hydrogen-bond donors (Lipinski definition) is 3. The van der Waals surface area contributed by atoms with Gasteiger partial charge < -0.3 is 20.5 Å². The zero-order valence-corrected chi connectivity index (χ0v) is 15.5. The van der Waals surface area contributed by atoms with Crippen molar-refractivity contribution in [1.82, 2.24) is 0 Å². The van der Waals surface area contributed by atoms with Crippen LogP contribution in [0.15, 0.2) is 60.7 Å². The van der Waals surface area contributed by atoms with E-state index < -0.39 is 12.0 Å². The van der Waals surface area contributed by atoms with Gasteiger partial charge in [0, 0.05) is 29.4 Å². The lowest BCUT2D eigenvalue weighted by Crippen LogP contribution is -2.34. The van der Waals surface area contributed by atoms with Crippen molar-refractivity contribution >= 4 is 29.3 Å². The van der Waals surface area contributed by atoms with Crippen molar-refractivity contribution in [2.24, 2.45) is 0 Å². The van der Waals surface area contributed by atoms with Crippen molar-refractivity contribution in [3.05, 3.63) is 71.8 Å². The monoisotopic (exact) mass is 378 g/mol. The number of benzene rings is 2. The summed E-state index contributed by atoms with van der Waals surface area (Å²) in [6, 6.07) is 12.9. The molecule has 28 heavy (non-hydrogen) atoms. The maximum absolute atomic E-state index is 12.2. The highest BCUT2D eigenvalue weighted by Gasteiger charge is 2.25. The average Bonchev–Trinajstić information content (AvgIpc) is 2.68. The normalized spacial score (nSPS) is 16.1. The number of fused-ring (bicyclic) bond motifs is 1. The van der Waals surface area contributed by atoms with Gasteiger partial charge in [0.1, 0.15) is 11.9 Å². The van der Waals surface area contributed by atoms with Crippen LogP contribution < -0.4 is 15.4 Å². The molecule has 0 radical (unpaired) electrons. The number of allylic oxidation sites excluding steroid dienone is 2. The second-order valence-corrected chi connectivity index (χ2v) is 6.25. The molecule has 1 heterocycles. The van der Waals surface area contributed by atoms with E-state index in [9.17, 15) is 14.7 Å². The van der Waals surface area contributed by atoms with E-state index in [0.29, 0.717) is 23.5 Å². The molecule has 1 unspecified atom stereocenters. The fourth-order valence-corrected chi connectivity index (χ4v) is 2.87. The molecule has 3 rings (SSSR count). The largest absolute Gasteiger partial charge is 0.494 e. The van der Waals surface area contributed by atoms with Crippen molar-refractivity contribution < 1.29 is 19.4 Å². The van der Waals surface area contributed by atoms with Crippen LogP contribution >= 0.6 is 0 Å². The summed E-state index contributed by atoms with van der Waals surface area (Å²) >= 11 is 0. The molecule has 2 amide bonds. The first kappa shape index (κ1) is 19.4. The summed E-state index contributed by atoms with van der Waals surface area (Å²) in [5, 5.41) is 15.2. The van der Waals surface area contributed by atoms with Gasteiger partial charge in [-0.2, -0.15) is 0 Å². The molecule has 144 valence electrons. The molecule has 0 aliphatic carbocycles. The number of nitrogens with one attached hydrogen (secondary N) is 2. The van der Waals surface area contributed by atoms with Crippen LogP contribution in [0.25, 0.3) is 6.08 Å².